The van der Waals surface area contributed by atoms with Crippen LogP contribution in [0.25, 0.3) is 10.9 Å². The molecule has 1 amide bonds. The molecule has 0 unspecified atom stereocenters. The summed E-state index contributed by atoms with van der Waals surface area (Å²) in [5, 5.41) is 7.35. The van der Waals surface area contributed by atoms with E-state index in [-0.39, 0.29) is 23.3 Å². The first-order valence-corrected chi connectivity index (χ1v) is 11.2. The minimum Gasteiger partial charge on any atom is -0.362 e. The Kier molecular flexibility index (Phi) is 6.58. The lowest BCUT2D eigenvalue weighted by atomic mass is 9.91. The van der Waals surface area contributed by atoms with Crippen LogP contribution in [0, 0.1) is 6.92 Å². The number of nitrogens with one attached hydrogen (secondary N) is 2. The molecular formula is C24H27F3N6O. The van der Waals surface area contributed by atoms with Crippen molar-refractivity contribution in [2.24, 2.45) is 0 Å². The molecule has 2 aromatic heterocycles. The van der Waals surface area contributed by atoms with Crippen LogP contribution in [0.3, 0.4) is 0 Å². The van der Waals surface area contributed by atoms with Gasteiger partial charge in [0.2, 0.25) is 5.95 Å². The average molecular weight is 473 g/mol. The third-order valence-electron chi connectivity index (χ3n) is 6.02. The summed E-state index contributed by atoms with van der Waals surface area (Å²) in [5.41, 5.74) is 0.0912. The number of hydrogen-bond acceptors (Lipinski definition) is 6. The molecule has 1 saturated carbocycles. The summed E-state index contributed by atoms with van der Waals surface area (Å²) in [7, 11) is 3.89. The van der Waals surface area contributed by atoms with E-state index in [4.69, 9.17) is 0 Å². The van der Waals surface area contributed by atoms with Crippen LogP contribution in [0.15, 0.2) is 36.4 Å². The van der Waals surface area contributed by atoms with Crippen molar-refractivity contribution in [3.63, 3.8) is 0 Å². The second-order valence-electron chi connectivity index (χ2n) is 8.78. The summed E-state index contributed by atoms with van der Waals surface area (Å²) in [5.74, 6) is 1.01. The van der Waals surface area contributed by atoms with E-state index in [1.54, 1.807) is 0 Å². The lowest BCUT2D eigenvalue weighted by Crippen LogP contribution is -2.40. The maximum absolute atomic E-state index is 12.8. The molecule has 180 valence electrons. The molecule has 2 heterocycles. The normalized spacial score (nSPS) is 18.5. The number of benzene rings is 1. The lowest BCUT2D eigenvalue weighted by Gasteiger charge is -2.30. The van der Waals surface area contributed by atoms with E-state index < -0.39 is 17.8 Å². The maximum atomic E-state index is 12.8. The van der Waals surface area contributed by atoms with Crippen molar-refractivity contribution in [2.45, 2.75) is 50.9 Å². The van der Waals surface area contributed by atoms with Gasteiger partial charge in [-0.3, -0.25) is 4.79 Å². The Morgan fingerprint density at radius 1 is 0.971 bits per heavy atom. The van der Waals surface area contributed by atoms with Gasteiger partial charge < -0.3 is 15.5 Å². The number of pyridine rings is 1. The third kappa shape index (κ3) is 5.21. The predicted molar refractivity (Wildman–Crippen MR) is 125 cm³/mol. The number of para-hydroxylation sites is 1. The van der Waals surface area contributed by atoms with Gasteiger partial charge in [-0.1, -0.05) is 12.1 Å². The summed E-state index contributed by atoms with van der Waals surface area (Å²) in [6.45, 7) is 1.41. The number of carbonyl (C=O) groups excluding carboxylic acids is 1. The summed E-state index contributed by atoms with van der Waals surface area (Å²) in [6.07, 6.45) is -1.44. The van der Waals surface area contributed by atoms with Gasteiger partial charge in [-0.05, 0) is 56.9 Å². The van der Waals surface area contributed by atoms with Gasteiger partial charge >= 0.3 is 6.18 Å². The molecule has 2 N–H and O–H groups in total. The van der Waals surface area contributed by atoms with Gasteiger partial charge in [-0.25, -0.2) is 9.97 Å². The zero-order valence-electron chi connectivity index (χ0n) is 19.3. The molecule has 3 aromatic rings. The maximum Gasteiger partial charge on any atom is 0.433 e. The van der Waals surface area contributed by atoms with Crippen LogP contribution < -0.4 is 15.5 Å². The fourth-order valence-electron chi connectivity index (χ4n) is 4.25. The molecule has 10 heteroatoms. The Morgan fingerprint density at radius 3 is 2.29 bits per heavy atom. The van der Waals surface area contributed by atoms with Crippen molar-refractivity contribution in [2.75, 3.05) is 24.3 Å². The standard InChI is InChI=1S/C24H27F3N6O/c1-14-17(12-13-20(28-14)24(25,26)27)22(34)29-15-8-10-16(11-9-15)30-23-31-19-7-5-4-6-18(19)21(32-23)33(2)3/h4-7,12-13,15-16H,8-11H2,1-3H3,(H,29,34)(H,30,31,32)/t15-,16+. The number of carbonyl (C=O) groups is 1. The van der Waals surface area contributed by atoms with E-state index in [2.05, 4.69) is 25.6 Å². The van der Waals surface area contributed by atoms with Gasteiger partial charge in [0.1, 0.15) is 11.5 Å². The Labute approximate surface area is 195 Å². The van der Waals surface area contributed by atoms with Crippen LogP contribution in [-0.2, 0) is 6.18 Å². The molecule has 4 rings (SSSR count). The van der Waals surface area contributed by atoms with E-state index in [0.717, 1.165) is 48.5 Å². The highest BCUT2D eigenvalue weighted by Gasteiger charge is 2.33. The second kappa shape index (κ2) is 9.44. The number of hydrogen-bond donors (Lipinski definition) is 2. The van der Waals surface area contributed by atoms with Gasteiger partial charge in [0, 0.05) is 31.6 Å². The Balaban J connectivity index is 1.36. The molecule has 1 aliphatic rings. The highest BCUT2D eigenvalue weighted by atomic mass is 19.4. The van der Waals surface area contributed by atoms with Gasteiger partial charge in [0.05, 0.1) is 16.8 Å². The fourth-order valence-corrected chi connectivity index (χ4v) is 4.25. The number of rotatable bonds is 5. The number of nitrogens with zero attached hydrogens (tertiary/aromatic N) is 4. The SMILES string of the molecule is Cc1nc(C(F)(F)F)ccc1C(=O)N[C@H]1CC[C@@H](Nc2nc(N(C)C)c3ccccc3n2)CC1. The molecule has 0 spiro atoms. The quantitative estimate of drug-likeness (QED) is 0.566. The number of halogens is 3. The first-order valence-electron chi connectivity index (χ1n) is 11.2. The third-order valence-corrected chi connectivity index (χ3v) is 6.02. The van der Waals surface area contributed by atoms with E-state index in [0.29, 0.717) is 5.95 Å². The second-order valence-corrected chi connectivity index (χ2v) is 8.78. The molecule has 0 aliphatic heterocycles. The van der Waals surface area contributed by atoms with Crippen LogP contribution >= 0.6 is 0 Å². The largest absolute Gasteiger partial charge is 0.433 e. The molecule has 34 heavy (non-hydrogen) atoms. The van der Waals surface area contributed by atoms with Gasteiger partial charge in [-0.15, -0.1) is 0 Å². The van der Waals surface area contributed by atoms with Crippen LogP contribution in [0.4, 0.5) is 24.9 Å². The van der Waals surface area contributed by atoms with E-state index in [1.165, 1.54) is 13.0 Å². The van der Waals surface area contributed by atoms with Crippen LogP contribution in [-0.4, -0.2) is 47.0 Å². The van der Waals surface area contributed by atoms with Crippen molar-refractivity contribution in [3.05, 3.63) is 53.3 Å². The highest BCUT2D eigenvalue weighted by molar-refractivity contribution is 5.95. The number of aromatic nitrogens is 3. The number of aryl methyl sites for hydroxylation is 1. The number of anilines is 2. The first kappa shape index (κ1) is 23.7. The zero-order valence-corrected chi connectivity index (χ0v) is 19.3. The average Bonchev–Trinajstić information content (AvgIpc) is 2.79. The van der Waals surface area contributed by atoms with Crippen LogP contribution in [0.1, 0.15) is 47.4 Å². The molecule has 0 bridgehead atoms. The van der Waals surface area contributed by atoms with E-state index in [9.17, 15) is 18.0 Å². The molecule has 1 aliphatic carbocycles. The molecule has 1 aromatic carbocycles. The van der Waals surface area contributed by atoms with Crippen molar-refractivity contribution < 1.29 is 18.0 Å². The lowest BCUT2D eigenvalue weighted by molar-refractivity contribution is -0.141. The minimum absolute atomic E-state index is 0.0536. The number of alkyl halides is 3. The number of amides is 1. The minimum atomic E-state index is -4.53. The molecule has 0 atom stereocenters. The van der Waals surface area contributed by atoms with Gasteiger partial charge in [0.15, 0.2) is 0 Å². The van der Waals surface area contributed by atoms with E-state index >= 15 is 0 Å². The van der Waals surface area contributed by atoms with E-state index in [1.807, 2.05) is 43.3 Å². The summed E-state index contributed by atoms with van der Waals surface area (Å²) in [4.78, 5) is 27.5. The zero-order chi connectivity index (χ0) is 24.5. The first-order chi connectivity index (χ1) is 16.1. The van der Waals surface area contributed by atoms with Crippen molar-refractivity contribution in [3.8, 4) is 0 Å². The van der Waals surface area contributed by atoms with Crippen molar-refractivity contribution in [1.29, 1.82) is 0 Å². The molecular weight excluding hydrogens is 445 g/mol. The Morgan fingerprint density at radius 2 is 1.65 bits per heavy atom. The Bertz CT molecular complexity index is 1190. The summed E-state index contributed by atoms with van der Waals surface area (Å²) in [6, 6.07) is 10.0. The molecule has 0 saturated heterocycles. The van der Waals surface area contributed by atoms with Crippen LogP contribution in [0.5, 0.6) is 0 Å². The molecule has 1 fully saturated rings. The van der Waals surface area contributed by atoms with Crippen LogP contribution in [0.2, 0.25) is 0 Å². The smallest absolute Gasteiger partial charge is 0.362 e. The summed E-state index contributed by atoms with van der Waals surface area (Å²) >= 11 is 0. The van der Waals surface area contributed by atoms with Gasteiger partial charge in [0.25, 0.3) is 5.91 Å². The Hall–Kier alpha value is -3.43. The van der Waals surface area contributed by atoms with Gasteiger partial charge in [-0.2, -0.15) is 18.2 Å². The predicted octanol–water partition coefficient (Wildman–Crippen LogP) is 4.57. The number of fused-ring (bicyclic) bond motifs is 1. The topological polar surface area (TPSA) is 83.0 Å². The fraction of sp³-hybridized carbons (Fsp3) is 0.417. The molecule has 7 nitrogen and oxygen atoms in total. The van der Waals surface area contributed by atoms with Crippen molar-refractivity contribution >= 4 is 28.6 Å². The monoisotopic (exact) mass is 472 g/mol. The summed E-state index contributed by atoms with van der Waals surface area (Å²) < 4.78 is 38.5. The highest BCUT2D eigenvalue weighted by Crippen LogP contribution is 2.29. The van der Waals surface area contributed by atoms with Crippen molar-refractivity contribution in [1.82, 2.24) is 20.3 Å². The molecule has 0 radical (unpaired) electrons.